The van der Waals surface area contributed by atoms with Crippen LogP contribution in [0.25, 0.3) is 0 Å². The summed E-state index contributed by atoms with van der Waals surface area (Å²) in [5, 5.41) is 20.6. The van der Waals surface area contributed by atoms with Crippen LogP contribution in [-0.4, -0.2) is 34.7 Å². The maximum absolute atomic E-state index is 12.2. The van der Waals surface area contributed by atoms with Crippen LogP contribution in [0.2, 0.25) is 0 Å². The zero-order valence-electron chi connectivity index (χ0n) is 21.7. The molecule has 2 aromatic carbocycles. The van der Waals surface area contributed by atoms with Gasteiger partial charge in [0.25, 0.3) is 0 Å². The molecular formula is C27H28Br4O8. The van der Waals surface area contributed by atoms with Crippen molar-refractivity contribution in [3.8, 4) is 23.0 Å². The fourth-order valence-electron chi connectivity index (χ4n) is 2.97. The average Bonchev–Trinajstić information content (AvgIpc) is 2.87. The minimum absolute atomic E-state index is 0.146. The summed E-state index contributed by atoms with van der Waals surface area (Å²) in [5.74, 6) is -0.529. The van der Waals surface area contributed by atoms with E-state index in [9.17, 15) is 19.8 Å². The van der Waals surface area contributed by atoms with Gasteiger partial charge in [0.05, 0.1) is 8.95 Å². The average molecular weight is 800 g/mol. The first-order valence-electron chi connectivity index (χ1n) is 11.7. The van der Waals surface area contributed by atoms with Crippen molar-refractivity contribution in [3.05, 3.63) is 65.5 Å². The third-order valence-electron chi connectivity index (χ3n) is 5.09. The summed E-state index contributed by atoms with van der Waals surface area (Å²) < 4.78 is 24.0. The summed E-state index contributed by atoms with van der Waals surface area (Å²) in [6, 6.07) is 3.36. The van der Waals surface area contributed by atoms with E-state index in [0.717, 1.165) is 0 Å². The second-order valence-electron chi connectivity index (χ2n) is 8.46. The number of hydrogen-bond donors (Lipinski definition) is 2. The van der Waals surface area contributed by atoms with Crippen LogP contribution in [0.4, 0.5) is 0 Å². The van der Waals surface area contributed by atoms with E-state index in [2.05, 4.69) is 76.9 Å². The maximum atomic E-state index is 12.2. The van der Waals surface area contributed by atoms with Crippen LogP contribution in [0.1, 0.15) is 51.7 Å². The van der Waals surface area contributed by atoms with Gasteiger partial charge in [-0.1, -0.05) is 27.0 Å². The Bertz CT molecular complexity index is 1190. The van der Waals surface area contributed by atoms with Gasteiger partial charge in [-0.05, 0) is 89.7 Å². The Morgan fingerprint density at radius 3 is 1.36 bits per heavy atom. The van der Waals surface area contributed by atoms with Gasteiger partial charge < -0.3 is 29.2 Å². The molecule has 0 radical (unpaired) electrons. The SMILES string of the molecule is C=C(C)C(=O)Oc1c(Br)cc(Cc2cc(Br)c(OC(=O)C(=C)C)c(Br)c2OC(O)CC)c(OC(O)CC)c1Br. The first kappa shape index (κ1) is 33.5. The monoisotopic (exact) mass is 796 g/mol. The van der Waals surface area contributed by atoms with Crippen LogP contribution in [0.5, 0.6) is 23.0 Å². The lowest BCUT2D eigenvalue weighted by molar-refractivity contribution is -0.131. The number of carbonyl (C=O) groups excluding carboxylic acids is 2. The molecule has 0 saturated carbocycles. The molecule has 0 fully saturated rings. The topological polar surface area (TPSA) is 112 Å². The van der Waals surface area contributed by atoms with Gasteiger partial charge in [-0.25, -0.2) is 9.59 Å². The van der Waals surface area contributed by atoms with Crippen molar-refractivity contribution in [3.63, 3.8) is 0 Å². The Morgan fingerprint density at radius 1 is 0.744 bits per heavy atom. The zero-order valence-corrected chi connectivity index (χ0v) is 28.0. The fourth-order valence-corrected chi connectivity index (χ4v) is 5.90. The van der Waals surface area contributed by atoms with Crippen molar-refractivity contribution < 1.29 is 38.7 Å². The van der Waals surface area contributed by atoms with Crippen LogP contribution in [0.15, 0.2) is 54.3 Å². The Morgan fingerprint density at radius 2 is 1.08 bits per heavy atom. The predicted molar refractivity (Wildman–Crippen MR) is 161 cm³/mol. The lowest BCUT2D eigenvalue weighted by atomic mass is 10.0. The fraction of sp³-hybridized carbons (Fsp3) is 0.333. The lowest BCUT2D eigenvalue weighted by Gasteiger charge is -2.22. The molecule has 0 amide bonds. The number of esters is 2. The van der Waals surface area contributed by atoms with E-state index in [-0.39, 0.29) is 49.5 Å². The lowest BCUT2D eigenvalue weighted by Crippen LogP contribution is -2.18. The van der Waals surface area contributed by atoms with E-state index >= 15 is 0 Å². The zero-order chi connectivity index (χ0) is 29.6. The molecule has 12 heteroatoms. The summed E-state index contributed by atoms with van der Waals surface area (Å²) in [7, 11) is 0. The van der Waals surface area contributed by atoms with Gasteiger partial charge in [0.1, 0.15) is 20.4 Å². The minimum Gasteiger partial charge on any atom is -0.464 e. The van der Waals surface area contributed by atoms with Crippen molar-refractivity contribution in [2.75, 3.05) is 0 Å². The largest absolute Gasteiger partial charge is 0.464 e. The van der Waals surface area contributed by atoms with Gasteiger partial charge in [-0.15, -0.1) is 0 Å². The summed E-state index contributed by atoms with van der Waals surface area (Å²) in [6.07, 6.45) is -1.55. The van der Waals surface area contributed by atoms with Gasteiger partial charge >= 0.3 is 11.9 Å². The van der Waals surface area contributed by atoms with E-state index < -0.39 is 24.5 Å². The molecule has 0 heterocycles. The molecule has 0 aliphatic carbocycles. The smallest absolute Gasteiger partial charge is 0.338 e. The maximum Gasteiger partial charge on any atom is 0.338 e. The van der Waals surface area contributed by atoms with Crippen LogP contribution in [0.3, 0.4) is 0 Å². The number of aliphatic hydroxyl groups excluding tert-OH is 2. The van der Waals surface area contributed by atoms with Crippen LogP contribution >= 0.6 is 63.7 Å². The highest BCUT2D eigenvalue weighted by molar-refractivity contribution is 9.11. The number of halogens is 4. The molecule has 8 nitrogen and oxygen atoms in total. The molecule has 2 atom stereocenters. The summed E-state index contributed by atoms with van der Waals surface area (Å²) in [4.78, 5) is 24.5. The van der Waals surface area contributed by atoms with E-state index in [4.69, 9.17) is 18.9 Å². The summed E-state index contributed by atoms with van der Waals surface area (Å²) >= 11 is 13.8. The van der Waals surface area contributed by atoms with E-state index in [0.29, 0.717) is 32.9 Å². The molecular weight excluding hydrogens is 772 g/mol. The number of hydrogen-bond acceptors (Lipinski definition) is 8. The molecule has 0 spiro atoms. The highest BCUT2D eigenvalue weighted by Crippen LogP contribution is 2.48. The van der Waals surface area contributed by atoms with Gasteiger partial charge in [0, 0.05) is 41.5 Å². The predicted octanol–water partition coefficient (Wildman–Crippen LogP) is 7.50. The highest BCUT2D eigenvalue weighted by Gasteiger charge is 2.26. The molecule has 0 bridgehead atoms. The second kappa shape index (κ2) is 14.8. The third kappa shape index (κ3) is 8.64. The van der Waals surface area contributed by atoms with Crippen molar-refractivity contribution in [2.45, 2.75) is 59.5 Å². The molecule has 212 valence electrons. The van der Waals surface area contributed by atoms with Gasteiger partial charge in [0.15, 0.2) is 24.1 Å². The molecule has 0 aliphatic rings. The Balaban J connectivity index is 2.73. The number of ether oxygens (including phenoxy) is 4. The molecule has 2 N–H and O–H groups in total. The number of benzene rings is 2. The quantitative estimate of drug-likeness (QED) is 0.0984. The van der Waals surface area contributed by atoms with Gasteiger partial charge in [0.2, 0.25) is 0 Å². The Kier molecular flexibility index (Phi) is 12.7. The second-order valence-corrected chi connectivity index (χ2v) is 11.8. The molecule has 0 aromatic heterocycles. The normalized spacial score (nSPS) is 12.4. The first-order chi connectivity index (χ1) is 18.2. The number of aliphatic hydroxyl groups is 2. The molecule has 2 rings (SSSR count). The van der Waals surface area contributed by atoms with Crippen molar-refractivity contribution in [1.29, 1.82) is 0 Å². The Labute approximate surface area is 260 Å². The first-order valence-corrected chi connectivity index (χ1v) is 14.8. The molecule has 0 aliphatic heterocycles. The van der Waals surface area contributed by atoms with E-state index in [1.54, 1.807) is 26.0 Å². The van der Waals surface area contributed by atoms with Gasteiger partial charge in [-0.3, -0.25) is 0 Å². The number of carbonyl (C=O) groups is 2. The molecule has 0 saturated heterocycles. The summed E-state index contributed by atoms with van der Waals surface area (Å²) in [5.41, 5.74) is 1.54. The Hall–Kier alpha value is -1.70. The van der Waals surface area contributed by atoms with Crippen LogP contribution in [-0.2, 0) is 16.0 Å². The molecule has 39 heavy (non-hydrogen) atoms. The van der Waals surface area contributed by atoms with Crippen LogP contribution < -0.4 is 18.9 Å². The highest BCUT2D eigenvalue weighted by atomic mass is 79.9. The van der Waals surface area contributed by atoms with E-state index in [1.807, 2.05) is 0 Å². The number of rotatable bonds is 12. The van der Waals surface area contributed by atoms with Crippen LogP contribution in [0, 0.1) is 0 Å². The molecule has 2 aromatic rings. The van der Waals surface area contributed by atoms with Crippen molar-refractivity contribution >= 4 is 75.7 Å². The van der Waals surface area contributed by atoms with Gasteiger partial charge in [-0.2, -0.15) is 0 Å². The van der Waals surface area contributed by atoms with Crippen molar-refractivity contribution in [2.24, 2.45) is 0 Å². The van der Waals surface area contributed by atoms with Crippen molar-refractivity contribution in [1.82, 2.24) is 0 Å². The minimum atomic E-state index is -1.15. The summed E-state index contributed by atoms with van der Waals surface area (Å²) in [6.45, 7) is 13.7. The molecule has 2 unspecified atom stereocenters. The van der Waals surface area contributed by atoms with E-state index in [1.165, 1.54) is 13.8 Å². The standard InChI is InChI=1S/C27H28Br4O8/c1-7-18(32)36-22-14(10-16(28)24(20(22)30)38-26(34)12(3)4)9-15-11-17(29)25(39-27(35)13(5)6)21(31)23(15)37-19(33)8-2/h10-11,18-19,32-33H,3,5,7-9H2,1-2,4,6H3. The third-order valence-corrected chi connectivity index (χ3v) is 7.71.